The Labute approximate surface area is 92.8 Å². The Bertz CT molecular complexity index is 174. The topological polar surface area (TPSA) is 35.5 Å². The normalized spacial score (nSPS) is 24.6. The lowest BCUT2D eigenvalue weighted by atomic mass is 10.1. The molecule has 1 aliphatic carbocycles. The van der Waals surface area contributed by atoms with E-state index in [0.29, 0.717) is 0 Å². The smallest absolute Gasteiger partial charge is 0.0564 e. The SMILES string of the molecule is OC1CCN(CCCNCC2CC2)CC1. The van der Waals surface area contributed by atoms with Crippen LogP contribution in [0.1, 0.15) is 32.1 Å². The minimum atomic E-state index is -0.0331. The summed E-state index contributed by atoms with van der Waals surface area (Å²) in [5.74, 6) is 0.995. The summed E-state index contributed by atoms with van der Waals surface area (Å²) < 4.78 is 0. The van der Waals surface area contributed by atoms with Crippen LogP contribution < -0.4 is 5.32 Å². The monoisotopic (exact) mass is 212 g/mol. The zero-order chi connectivity index (χ0) is 10.5. The molecule has 2 fully saturated rings. The zero-order valence-corrected chi connectivity index (χ0v) is 9.62. The van der Waals surface area contributed by atoms with Gasteiger partial charge in [0.25, 0.3) is 0 Å². The van der Waals surface area contributed by atoms with Gasteiger partial charge in [-0.3, -0.25) is 0 Å². The quantitative estimate of drug-likeness (QED) is 0.640. The molecule has 3 heteroatoms. The van der Waals surface area contributed by atoms with Crippen molar-refractivity contribution in [2.75, 3.05) is 32.7 Å². The first-order valence-electron chi connectivity index (χ1n) is 6.46. The van der Waals surface area contributed by atoms with Crippen molar-refractivity contribution in [1.29, 1.82) is 0 Å². The van der Waals surface area contributed by atoms with Crippen LogP contribution >= 0.6 is 0 Å². The minimum Gasteiger partial charge on any atom is -0.393 e. The number of nitrogens with zero attached hydrogens (tertiary/aromatic N) is 1. The summed E-state index contributed by atoms with van der Waals surface area (Å²) in [7, 11) is 0. The molecule has 1 heterocycles. The van der Waals surface area contributed by atoms with Gasteiger partial charge in [-0.15, -0.1) is 0 Å². The molecule has 15 heavy (non-hydrogen) atoms. The molecular formula is C12H24N2O. The molecule has 1 saturated heterocycles. The minimum absolute atomic E-state index is 0.0331. The third-order valence-electron chi connectivity index (χ3n) is 3.51. The van der Waals surface area contributed by atoms with Gasteiger partial charge in [-0.1, -0.05) is 0 Å². The highest BCUT2D eigenvalue weighted by Crippen LogP contribution is 2.27. The fraction of sp³-hybridized carbons (Fsp3) is 1.00. The van der Waals surface area contributed by atoms with Crippen molar-refractivity contribution in [3.8, 4) is 0 Å². The van der Waals surface area contributed by atoms with Gasteiger partial charge in [0.2, 0.25) is 0 Å². The summed E-state index contributed by atoms with van der Waals surface area (Å²) in [6.07, 6.45) is 6.04. The van der Waals surface area contributed by atoms with Gasteiger partial charge < -0.3 is 15.3 Å². The molecule has 2 aliphatic rings. The average molecular weight is 212 g/mol. The fourth-order valence-electron chi connectivity index (χ4n) is 2.20. The van der Waals surface area contributed by atoms with Gasteiger partial charge in [0, 0.05) is 13.1 Å². The molecule has 88 valence electrons. The number of hydrogen-bond donors (Lipinski definition) is 2. The molecular weight excluding hydrogens is 188 g/mol. The average Bonchev–Trinajstić information content (AvgIpc) is 3.04. The molecule has 1 aliphatic heterocycles. The van der Waals surface area contributed by atoms with E-state index < -0.39 is 0 Å². The molecule has 0 unspecified atom stereocenters. The zero-order valence-electron chi connectivity index (χ0n) is 9.62. The summed E-state index contributed by atoms with van der Waals surface area (Å²) >= 11 is 0. The van der Waals surface area contributed by atoms with Gasteiger partial charge in [-0.25, -0.2) is 0 Å². The van der Waals surface area contributed by atoms with E-state index in [0.717, 1.165) is 38.4 Å². The maximum atomic E-state index is 9.37. The van der Waals surface area contributed by atoms with Gasteiger partial charge in [0.05, 0.1) is 6.10 Å². The van der Waals surface area contributed by atoms with E-state index >= 15 is 0 Å². The van der Waals surface area contributed by atoms with Crippen LogP contribution in [0.3, 0.4) is 0 Å². The van der Waals surface area contributed by atoms with Crippen LogP contribution in [0.15, 0.2) is 0 Å². The van der Waals surface area contributed by atoms with Crippen molar-refractivity contribution >= 4 is 0 Å². The lowest BCUT2D eigenvalue weighted by Crippen LogP contribution is -2.37. The number of aliphatic hydroxyl groups is 1. The molecule has 0 amide bonds. The van der Waals surface area contributed by atoms with Crippen LogP contribution in [0.5, 0.6) is 0 Å². The van der Waals surface area contributed by atoms with Gasteiger partial charge >= 0.3 is 0 Å². The number of piperidine rings is 1. The van der Waals surface area contributed by atoms with Crippen LogP contribution in [-0.2, 0) is 0 Å². The van der Waals surface area contributed by atoms with E-state index in [1.165, 1.54) is 32.4 Å². The molecule has 0 aromatic carbocycles. The summed E-state index contributed by atoms with van der Waals surface area (Å²) in [6.45, 7) is 5.77. The van der Waals surface area contributed by atoms with Crippen molar-refractivity contribution in [3.05, 3.63) is 0 Å². The van der Waals surface area contributed by atoms with E-state index in [9.17, 15) is 5.11 Å². The Hall–Kier alpha value is -0.120. The van der Waals surface area contributed by atoms with E-state index in [1.807, 2.05) is 0 Å². The molecule has 0 radical (unpaired) electrons. The Morgan fingerprint density at radius 2 is 1.87 bits per heavy atom. The van der Waals surface area contributed by atoms with Crippen molar-refractivity contribution < 1.29 is 5.11 Å². The summed E-state index contributed by atoms with van der Waals surface area (Å²) in [4.78, 5) is 2.48. The Kier molecular flexibility index (Phi) is 4.42. The lowest BCUT2D eigenvalue weighted by Gasteiger charge is -2.29. The summed E-state index contributed by atoms with van der Waals surface area (Å²) in [5, 5.41) is 12.9. The fourth-order valence-corrected chi connectivity index (χ4v) is 2.20. The first-order valence-corrected chi connectivity index (χ1v) is 6.46. The van der Waals surface area contributed by atoms with E-state index in [2.05, 4.69) is 10.2 Å². The highest BCUT2D eigenvalue weighted by molar-refractivity contribution is 4.75. The van der Waals surface area contributed by atoms with Crippen molar-refractivity contribution in [2.24, 2.45) is 5.92 Å². The molecule has 1 saturated carbocycles. The van der Waals surface area contributed by atoms with Crippen LogP contribution in [0.25, 0.3) is 0 Å². The first-order chi connectivity index (χ1) is 7.34. The lowest BCUT2D eigenvalue weighted by molar-refractivity contribution is 0.0821. The molecule has 2 N–H and O–H groups in total. The van der Waals surface area contributed by atoms with Crippen LogP contribution in [-0.4, -0.2) is 48.8 Å². The second kappa shape index (κ2) is 5.83. The summed E-state index contributed by atoms with van der Waals surface area (Å²) in [5.41, 5.74) is 0. The third-order valence-corrected chi connectivity index (χ3v) is 3.51. The number of aliphatic hydroxyl groups excluding tert-OH is 1. The number of hydrogen-bond acceptors (Lipinski definition) is 3. The second-order valence-corrected chi connectivity index (χ2v) is 5.07. The molecule has 0 aromatic heterocycles. The van der Waals surface area contributed by atoms with Crippen molar-refractivity contribution in [2.45, 2.75) is 38.2 Å². The molecule has 3 nitrogen and oxygen atoms in total. The standard InChI is InChI=1S/C12H24N2O/c15-12-4-8-14(9-5-12)7-1-6-13-10-11-2-3-11/h11-13,15H,1-10H2. The molecule has 0 bridgehead atoms. The highest BCUT2D eigenvalue weighted by atomic mass is 16.3. The van der Waals surface area contributed by atoms with Gasteiger partial charge in [0.1, 0.15) is 0 Å². The van der Waals surface area contributed by atoms with Gasteiger partial charge in [-0.05, 0) is 57.7 Å². The first kappa shape index (κ1) is 11.4. The Balaban J connectivity index is 1.43. The summed E-state index contributed by atoms with van der Waals surface area (Å²) in [6, 6.07) is 0. The van der Waals surface area contributed by atoms with Crippen LogP contribution in [0.2, 0.25) is 0 Å². The maximum absolute atomic E-state index is 9.37. The van der Waals surface area contributed by atoms with Crippen LogP contribution in [0.4, 0.5) is 0 Å². The predicted octanol–water partition coefficient (Wildman–Crippen LogP) is 0.833. The van der Waals surface area contributed by atoms with E-state index in [-0.39, 0.29) is 6.10 Å². The molecule has 0 aromatic rings. The van der Waals surface area contributed by atoms with Gasteiger partial charge in [0.15, 0.2) is 0 Å². The molecule has 0 atom stereocenters. The van der Waals surface area contributed by atoms with E-state index in [1.54, 1.807) is 0 Å². The third kappa shape index (κ3) is 4.49. The number of rotatable bonds is 6. The maximum Gasteiger partial charge on any atom is 0.0564 e. The van der Waals surface area contributed by atoms with E-state index in [4.69, 9.17) is 0 Å². The van der Waals surface area contributed by atoms with Gasteiger partial charge in [-0.2, -0.15) is 0 Å². The van der Waals surface area contributed by atoms with Crippen molar-refractivity contribution in [3.63, 3.8) is 0 Å². The number of likely N-dealkylation sites (tertiary alicyclic amines) is 1. The molecule has 2 rings (SSSR count). The predicted molar refractivity (Wildman–Crippen MR) is 61.9 cm³/mol. The van der Waals surface area contributed by atoms with Crippen molar-refractivity contribution in [1.82, 2.24) is 10.2 Å². The Morgan fingerprint density at radius 1 is 1.13 bits per heavy atom. The second-order valence-electron chi connectivity index (χ2n) is 5.07. The molecule has 0 spiro atoms. The van der Waals surface area contributed by atoms with Crippen LogP contribution in [0, 0.1) is 5.92 Å². The Morgan fingerprint density at radius 3 is 2.53 bits per heavy atom. The largest absolute Gasteiger partial charge is 0.393 e. The number of nitrogens with one attached hydrogen (secondary N) is 1. The highest BCUT2D eigenvalue weighted by Gasteiger charge is 2.20.